The zero-order valence-electron chi connectivity index (χ0n) is 6.50. The highest BCUT2D eigenvalue weighted by Crippen LogP contribution is 2.06. The monoisotopic (exact) mass is 157 g/mol. The van der Waals surface area contributed by atoms with Crippen molar-refractivity contribution in [1.82, 2.24) is 5.06 Å². The van der Waals surface area contributed by atoms with E-state index in [1.54, 1.807) is 0 Å². The van der Waals surface area contributed by atoms with Crippen molar-refractivity contribution in [2.45, 2.75) is 19.8 Å². The predicted molar refractivity (Wildman–Crippen MR) is 37.6 cm³/mol. The van der Waals surface area contributed by atoms with E-state index in [9.17, 15) is 9.59 Å². The van der Waals surface area contributed by atoms with Crippen LogP contribution in [0, 0.1) is 0 Å². The van der Waals surface area contributed by atoms with E-state index in [1.807, 2.05) is 0 Å². The second-order valence-electron chi connectivity index (χ2n) is 2.53. The van der Waals surface area contributed by atoms with Crippen molar-refractivity contribution >= 4 is 11.7 Å². The predicted octanol–water partition coefficient (Wildman–Crippen LogP) is 0.129. The van der Waals surface area contributed by atoms with E-state index in [-0.39, 0.29) is 11.7 Å². The average molecular weight is 157 g/mol. The fourth-order valence-corrected chi connectivity index (χ4v) is 0.888. The van der Waals surface area contributed by atoms with Gasteiger partial charge in [-0.1, -0.05) is 0 Å². The maximum Gasteiger partial charge on any atom is 0.248 e. The number of rotatable bonds is 3. The second-order valence-corrected chi connectivity index (χ2v) is 2.53. The Bertz CT molecular complexity index is 179. The molecule has 0 saturated carbocycles. The van der Waals surface area contributed by atoms with Gasteiger partial charge in [-0.25, -0.2) is 5.06 Å². The number of amides is 1. The van der Waals surface area contributed by atoms with E-state index in [4.69, 9.17) is 4.84 Å². The number of Topliss-reactive ketones (excluding diaryl/α,β-unsaturated/α-hetero) is 1. The molecule has 0 aromatic rings. The summed E-state index contributed by atoms with van der Waals surface area (Å²) in [5.74, 6) is 0.0551. The molecule has 0 aliphatic carbocycles. The summed E-state index contributed by atoms with van der Waals surface area (Å²) < 4.78 is 0. The van der Waals surface area contributed by atoms with Gasteiger partial charge in [0.2, 0.25) is 5.91 Å². The fourth-order valence-electron chi connectivity index (χ4n) is 0.888. The summed E-state index contributed by atoms with van der Waals surface area (Å²) in [7, 11) is 0. The Morgan fingerprint density at radius 3 is 2.91 bits per heavy atom. The molecule has 4 heteroatoms. The molecule has 1 amide bonds. The van der Waals surface area contributed by atoms with E-state index in [1.165, 1.54) is 12.0 Å². The highest BCUT2D eigenvalue weighted by Gasteiger charge is 2.20. The first-order valence-corrected chi connectivity index (χ1v) is 3.63. The molecule has 0 spiro atoms. The van der Waals surface area contributed by atoms with Gasteiger partial charge in [-0.05, 0) is 6.92 Å². The van der Waals surface area contributed by atoms with Crippen LogP contribution in [0.3, 0.4) is 0 Å². The molecule has 0 radical (unpaired) electrons. The lowest BCUT2D eigenvalue weighted by molar-refractivity contribution is -0.162. The molecule has 1 saturated heterocycles. The van der Waals surface area contributed by atoms with Crippen LogP contribution in [0.25, 0.3) is 0 Å². The van der Waals surface area contributed by atoms with Gasteiger partial charge < -0.3 is 0 Å². The summed E-state index contributed by atoms with van der Waals surface area (Å²) >= 11 is 0. The van der Waals surface area contributed by atoms with Crippen LogP contribution < -0.4 is 0 Å². The summed E-state index contributed by atoms with van der Waals surface area (Å²) in [4.78, 5) is 26.3. The van der Waals surface area contributed by atoms with Crippen LogP contribution in [-0.2, 0) is 14.4 Å². The minimum atomic E-state index is -0.0220. The van der Waals surface area contributed by atoms with Gasteiger partial charge in [-0.2, -0.15) is 0 Å². The Morgan fingerprint density at radius 2 is 2.45 bits per heavy atom. The van der Waals surface area contributed by atoms with Crippen molar-refractivity contribution < 1.29 is 14.4 Å². The standard InChI is InChI=1S/C7H11NO3/c1-6(9)2-4-8-7(10)3-5-11-8/h2-5H2,1H3. The normalized spacial score (nSPS) is 17.5. The molecule has 1 heterocycles. The highest BCUT2D eigenvalue weighted by molar-refractivity contribution is 5.78. The van der Waals surface area contributed by atoms with Crippen LogP contribution in [-0.4, -0.2) is 29.9 Å². The summed E-state index contributed by atoms with van der Waals surface area (Å²) in [5, 5.41) is 1.27. The van der Waals surface area contributed by atoms with Crippen molar-refractivity contribution in [3.8, 4) is 0 Å². The van der Waals surface area contributed by atoms with Crippen LogP contribution in [0.1, 0.15) is 19.8 Å². The lowest BCUT2D eigenvalue weighted by Gasteiger charge is -2.11. The lowest BCUT2D eigenvalue weighted by atomic mass is 10.3. The third-order valence-corrected chi connectivity index (χ3v) is 1.51. The molecule has 0 aromatic carbocycles. The van der Waals surface area contributed by atoms with E-state index < -0.39 is 0 Å². The minimum Gasteiger partial charge on any atom is -0.300 e. The van der Waals surface area contributed by atoms with Gasteiger partial charge in [0.25, 0.3) is 0 Å². The van der Waals surface area contributed by atoms with E-state index in [2.05, 4.69) is 0 Å². The van der Waals surface area contributed by atoms with Gasteiger partial charge in [-0.15, -0.1) is 0 Å². The van der Waals surface area contributed by atoms with Crippen molar-refractivity contribution in [3.63, 3.8) is 0 Å². The number of nitrogens with zero attached hydrogens (tertiary/aromatic N) is 1. The van der Waals surface area contributed by atoms with Gasteiger partial charge >= 0.3 is 0 Å². The molecule has 1 rings (SSSR count). The number of hydroxylamine groups is 2. The van der Waals surface area contributed by atoms with Gasteiger partial charge in [0.15, 0.2) is 0 Å². The van der Waals surface area contributed by atoms with Crippen LogP contribution in [0.2, 0.25) is 0 Å². The van der Waals surface area contributed by atoms with Crippen molar-refractivity contribution in [3.05, 3.63) is 0 Å². The number of hydrogen-bond acceptors (Lipinski definition) is 3. The molecule has 1 aliphatic rings. The average Bonchev–Trinajstić information content (AvgIpc) is 2.31. The second kappa shape index (κ2) is 3.48. The zero-order valence-corrected chi connectivity index (χ0v) is 6.50. The van der Waals surface area contributed by atoms with E-state index in [0.29, 0.717) is 26.0 Å². The van der Waals surface area contributed by atoms with Gasteiger partial charge in [-0.3, -0.25) is 14.4 Å². The van der Waals surface area contributed by atoms with E-state index in [0.717, 1.165) is 0 Å². The first kappa shape index (κ1) is 8.20. The molecule has 1 fully saturated rings. The number of ketones is 1. The quantitative estimate of drug-likeness (QED) is 0.585. The third kappa shape index (κ3) is 2.31. The highest BCUT2D eigenvalue weighted by atomic mass is 16.7. The molecule has 0 unspecified atom stereocenters. The minimum absolute atomic E-state index is 0.0220. The van der Waals surface area contributed by atoms with Crippen LogP contribution in [0.15, 0.2) is 0 Å². The molecule has 0 atom stereocenters. The Balaban J connectivity index is 2.26. The number of carbonyl (C=O) groups excluding carboxylic acids is 2. The Labute approximate surface area is 65.1 Å². The molecule has 1 aliphatic heterocycles. The van der Waals surface area contributed by atoms with Crippen LogP contribution >= 0.6 is 0 Å². The number of hydrogen-bond donors (Lipinski definition) is 0. The Morgan fingerprint density at radius 1 is 1.73 bits per heavy atom. The number of carbonyl (C=O) groups is 2. The van der Waals surface area contributed by atoms with Crippen LogP contribution in [0.5, 0.6) is 0 Å². The Kier molecular flexibility index (Phi) is 2.59. The van der Waals surface area contributed by atoms with Crippen molar-refractivity contribution in [1.29, 1.82) is 0 Å². The molecule has 62 valence electrons. The van der Waals surface area contributed by atoms with Crippen molar-refractivity contribution in [2.75, 3.05) is 13.2 Å². The summed E-state index contributed by atoms with van der Waals surface area (Å²) in [6, 6.07) is 0. The fraction of sp³-hybridized carbons (Fsp3) is 0.714. The van der Waals surface area contributed by atoms with Gasteiger partial charge in [0, 0.05) is 6.42 Å². The molecular weight excluding hydrogens is 146 g/mol. The van der Waals surface area contributed by atoms with Crippen LogP contribution in [0.4, 0.5) is 0 Å². The van der Waals surface area contributed by atoms with Gasteiger partial charge in [0.05, 0.1) is 19.6 Å². The SMILES string of the molecule is CC(=O)CCN1OCCC1=O. The van der Waals surface area contributed by atoms with E-state index >= 15 is 0 Å². The maximum atomic E-state index is 10.9. The Hall–Kier alpha value is -0.900. The molecular formula is C7H11NO3. The first-order chi connectivity index (χ1) is 5.20. The zero-order chi connectivity index (χ0) is 8.27. The lowest BCUT2D eigenvalue weighted by Crippen LogP contribution is -2.25. The third-order valence-electron chi connectivity index (χ3n) is 1.51. The molecule has 0 N–H and O–H groups in total. The summed E-state index contributed by atoms with van der Waals surface area (Å²) in [6.07, 6.45) is 0.823. The van der Waals surface area contributed by atoms with Crippen molar-refractivity contribution in [2.24, 2.45) is 0 Å². The molecule has 0 bridgehead atoms. The molecule has 11 heavy (non-hydrogen) atoms. The largest absolute Gasteiger partial charge is 0.300 e. The topological polar surface area (TPSA) is 46.6 Å². The summed E-state index contributed by atoms with van der Waals surface area (Å²) in [5.41, 5.74) is 0. The smallest absolute Gasteiger partial charge is 0.248 e. The first-order valence-electron chi connectivity index (χ1n) is 3.63. The maximum absolute atomic E-state index is 10.9. The van der Waals surface area contributed by atoms with Gasteiger partial charge in [0.1, 0.15) is 5.78 Å². The summed E-state index contributed by atoms with van der Waals surface area (Å²) in [6.45, 7) is 2.35. The molecule has 0 aromatic heterocycles. The molecule has 4 nitrogen and oxygen atoms in total.